The molecule has 0 heterocycles. The maximum absolute atomic E-state index is 10.6. The molecule has 2 aromatic rings. The molecular formula is C19H24O. The van der Waals surface area contributed by atoms with Gasteiger partial charge in [0.2, 0.25) is 0 Å². The number of rotatable bonds is 5. The van der Waals surface area contributed by atoms with Gasteiger partial charge in [0.25, 0.3) is 0 Å². The Balaban J connectivity index is 2.27. The molecule has 0 radical (unpaired) electrons. The predicted molar refractivity (Wildman–Crippen MR) is 85.0 cm³/mol. The van der Waals surface area contributed by atoms with Crippen LogP contribution in [-0.4, -0.2) is 5.11 Å². The Morgan fingerprint density at radius 2 is 1.50 bits per heavy atom. The first-order valence-electron chi connectivity index (χ1n) is 7.52. The molecule has 0 fully saturated rings. The minimum absolute atomic E-state index is 0.105. The Hall–Kier alpha value is -1.60. The molecule has 0 saturated carbocycles. The number of hydrogen-bond donors (Lipinski definition) is 1. The van der Waals surface area contributed by atoms with Gasteiger partial charge in [-0.15, -0.1) is 0 Å². The average Bonchev–Trinajstić information content (AvgIpc) is 2.53. The van der Waals surface area contributed by atoms with Gasteiger partial charge in [0.15, 0.2) is 0 Å². The van der Waals surface area contributed by atoms with Crippen molar-refractivity contribution in [1.29, 1.82) is 0 Å². The van der Waals surface area contributed by atoms with Crippen LogP contribution in [0.5, 0.6) is 0 Å². The SMILES string of the molecule is CCc1ccc(C(O)C(C)c2ccccc2)cc1CC. The molecule has 0 aliphatic heterocycles. The maximum Gasteiger partial charge on any atom is 0.0855 e. The van der Waals surface area contributed by atoms with E-state index in [-0.39, 0.29) is 5.92 Å². The highest BCUT2D eigenvalue weighted by atomic mass is 16.3. The van der Waals surface area contributed by atoms with Crippen molar-refractivity contribution in [2.24, 2.45) is 0 Å². The summed E-state index contributed by atoms with van der Waals surface area (Å²) in [6, 6.07) is 16.6. The monoisotopic (exact) mass is 268 g/mol. The van der Waals surface area contributed by atoms with Crippen LogP contribution in [0.25, 0.3) is 0 Å². The van der Waals surface area contributed by atoms with E-state index in [4.69, 9.17) is 0 Å². The van der Waals surface area contributed by atoms with Gasteiger partial charge in [-0.1, -0.05) is 69.3 Å². The topological polar surface area (TPSA) is 20.2 Å². The standard InChI is InChI=1S/C19H24O/c1-4-15-11-12-18(13-16(15)5-2)19(20)14(3)17-9-7-6-8-10-17/h6-14,19-20H,4-5H2,1-3H3. The number of benzene rings is 2. The largest absolute Gasteiger partial charge is 0.388 e. The predicted octanol–water partition coefficient (Wildman–Crippen LogP) is 4.65. The van der Waals surface area contributed by atoms with Gasteiger partial charge in [0.05, 0.1) is 6.10 Å². The van der Waals surface area contributed by atoms with Gasteiger partial charge in [-0.2, -0.15) is 0 Å². The lowest BCUT2D eigenvalue weighted by Gasteiger charge is -2.21. The third-order valence-corrected chi connectivity index (χ3v) is 4.13. The van der Waals surface area contributed by atoms with Gasteiger partial charge in [-0.05, 0) is 35.1 Å². The van der Waals surface area contributed by atoms with Crippen LogP contribution in [0.4, 0.5) is 0 Å². The molecule has 2 rings (SSSR count). The molecule has 2 aromatic carbocycles. The van der Waals surface area contributed by atoms with Crippen molar-refractivity contribution in [2.75, 3.05) is 0 Å². The molecule has 20 heavy (non-hydrogen) atoms. The van der Waals surface area contributed by atoms with E-state index in [0.29, 0.717) is 0 Å². The highest BCUT2D eigenvalue weighted by Crippen LogP contribution is 2.31. The second-order valence-electron chi connectivity index (χ2n) is 5.38. The van der Waals surface area contributed by atoms with Gasteiger partial charge in [-0.25, -0.2) is 0 Å². The summed E-state index contributed by atoms with van der Waals surface area (Å²) in [5.41, 5.74) is 4.94. The lowest BCUT2D eigenvalue weighted by Crippen LogP contribution is -2.08. The zero-order valence-corrected chi connectivity index (χ0v) is 12.6. The Labute approximate surface area is 122 Å². The van der Waals surface area contributed by atoms with Crippen LogP contribution in [0, 0.1) is 0 Å². The Kier molecular flexibility index (Phi) is 4.97. The van der Waals surface area contributed by atoms with E-state index in [1.165, 1.54) is 16.7 Å². The van der Waals surface area contributed by atoms with E-state index in [9.17, 15) is 5.11 Å². The van der Waals surface area contributed by atoms with Gasteiger partial charge in [-0.3, -0.25) is 0 Å². The number of aryl methyl sites for hydroxylation is 2. The van der Waals surface area contributed by atoms with E-state index < -0.39 is 6.10 Å². The van der Waals surface area contributed by atoms with Crippen molar-refractivity contribution in [2.45, 2.75) is 45.6 Å². The van der Waals surface area contributed by atoms with Crippen LogP contribution < -0.4 is 0 Å². The van der Waals surface area contributed by atoms with Gasteiger partial charge in [0.1, 0.15) is 0 Å². The lowest BCUT2D eigenvalue weighted by atomic mass is 9.89. The van der Waals surface area contributed by atoms with Crippen LogP contribution in [0.2, 0.25) is 0 Å². The molecule has 106 valence electrons. The van der Waals surface area contributed by atoms with Gasteiger partial charge >= 0.3 is 0 Å². The molecule has 0 amide bonds. The molecule has 0 bridgehead atoms. The first kappa shape index (κ1) is 14.8. The molecule has 1 heteroatoms. The molecule has 0 aliphatic carbocycles. The number of aliphatic hydroxyl groups excluding tert-OH is 1. The zero-order valence-electron chi connectivity index (χ0n) is 12.6. The maximum atomic E-state index is 10.6. The molecule has 1 N–H and O–H groups in total. The summed E-state index contributed by atoms with van der Waals surface area (Å²) in [5.74, 6) is 0.105. The second kappa shape index (κ2) is 6.71. The van der Waals surface area contributed by atoms with Gasteiger partial charge in [0, 0.05) is 5.92 Å². The fraction of sp³-hybridized carbons (Fsp3) is 0.368. The van der Waals surface area contributed by atoms with E-state index in [1.807, 2.05) is 18.2 Å². The lowest BCUT2D eigenvalue weighted by molar-refractivity contribution is 0.151. The van der Waals surface area contributed by atoms with Crippen LogP contribution in [0.1, 0.15) is 55.0 Å². The van der Waals surface area contributed by atoms with Crippen molar-refractivity contribution < 1.29 is 5.11 Å². The zero-order chi connectivity index (χ0) is 14.5. The summed E-state index contributed by atoms with van der Waals surface area (Å²) in [7, 11) is 0. The minimum atomic E-state index is -0.450. The number of hydrogen-bond acceptors (Lipinski definition) is 1. The van der Waals surface area contributed by atoms with Crippen molar-refractivity contribution >= 4 is 0 Å². The van der Waals surface area contributed by atoms with Gasteiger partial charge < -0.3 is 5.11 Å². The summed E-state index contributed by atoms with van der Waals surface area (Å²) in [6.45, 7) is 6.43. The fourth-order valence-corrected chi connectivity index (χ4v) is 2.73. The molecule has 2 atom stereocenters. The fourth-order valence-electron chi connectivity index (χ4n) is 2.73. The quantitative estimate of drug-likeness (QED) is 0.837. The summed E-state index contributed by atoms with van der Waals surface area (Å²) in [5, 5.41) is 10.6. The summed E-state index contributed by atoms with van der Waals surface area (Å²) < 4.78 is 0. The first-order chi connectivity index (χ1) is 9.67. The van der Waals surface area contributed by atoms with E-state index >= 15 is 0 Å². The Bertz CT molecular complexity index is 545. The summed E-state index contributed by atoms with van der Waals surface area (Å²) in [4.78, 5) is 0. The Morgan fingerprint density at radius 1 is 0.850 bits per heavy atom. The van der Waals surface area contributed by atoms with Crippen LogP contribution in [0.3, 0.4) is 0 Å². The molecule has 1 nitrogen and oxygen atoms in total. The normalized spacial score (nSPS) is 14.0. The smallest absolute Gasteiger partial charge is 0.0855 e. The van der Waals surface area contributed by atoms with Crippen molar-refractivity contribution in [1.82, 2.24) is 0 Å². The van der Waals surface area contributed by atoms with Crippen molar-refractivity contribution in [3.8, 4) is 0 Å². The third kappa shape index (κ3) is 3.10. The second-order valence-corrected chi connectivity index (χ2v) is 5.38. The first-order valence-corrected chi connectivity index (χ1v) is 7.52. The molecule has 0 aromatic heterocycles. The summed E-state index contributed by atoms with van der Waals surface area (Å²) >= 11 is 0. The van der Waals surface area contributed by atoms with E-state index in [0.717, 1.165) is 18.4 Å². The molecule has 0 spiro atoms. The van der Waals surface area contributed by atoms with E-state index in [1.54, 1.807) is 0 Å². The third-order valence-electron chi connectivity index (χ3n) is 4.13. The number of aliphatic hydroxyl groups is 1. The van der Waals surface area contributed by atoms with Crippen LogP contribution in [0.15, 0.2) is 48.5 Å². The highest BCUT2D eigenvalue weighted by Gasteiger charge is 2.18. The molecule has 0 saturated heterocycles. The van der Waals surface area contributed by atoms with Crippen LogP contribution >= 0.6 is 0 Å². The van der Waals surface area contributed by atoms with E-state index in [2.05, 4.69) is 51.1 Å². The molecule has 2 unspecified atom stereocenters. The minimum Gasteiger partial charge on any atom is -0.388 e. The van der Waals surface area contributed by atoms with Crippen molar-refractivity contribution in [3.63, 3.8) is 0 Å². The Morgan fingerprint density at radius 3 is 2.10 bits per heavy atom. The summed E-state index contributed by atoms with van der Waals surface area (Å²) in [6.07, 6.45) is 1.62. The van der Waals surface area contributed by atoms with Crippen molar-refractivity contribution in [3.05, 3.63) is 70.8 Å². The van der Waals surface area contributed by atoms with Crippen LogP contribution in [-0.2, 0) is 12.8 Å². The average molecular weight is 268 g/mol. The molecule has 0 aliphatic rings. The molecular weight excluding hydrogens is 244 g/mol. The highest BCUT2D eigenvalue weighted by molar-refractivity contribution is 5.35.